The molecule has 1 N–H and O–H groups in total. The van der Waals surface area contributed by atoms with E-state index in [0.29, 0.717) is 6.42 Å². The number of hydrogen-bond acceptors (Lipinski definition) is 2. The van der Waals surface area contributed by atoms with Crippen molar-refractivity contribution in [1.29, 1.82) is 0 Å². The van der Waals surface area contributed by atoms with E-state index in [-0.39, 0.29) is 5.92 Å². The van der Waals surface area contributed by atoms with Gasteiger partial charge in [-0.2, -0.15) is 5.10 Å². The van der Waals surface area contributed by atoms with Crippen LogP contribution in [0.25, 0.3) is 0 Å². The summed E-state index contributed by atoms with van der Waals surface area (Å²) < 4.78 is 3.00. The Morgan fingerprint density at radius 3 is 2.65 bits per heavy atom. The highest BCUT2D eigenvalue weighted by Crippen LogP contribution is 2.24. The van der Waals surface area contributed by atoms with Gasteiger partial charge in [-0.05, 0) is 42.1 Å². The van der Waals surface area contributed by atoms with E-state index < -0.39 is 5.97 Å². The number of carboxylic acid groups (broad SMARTS) is 1. The first-order valence-corrected chi connectivity index (χ1v) is 6.77. The van der Waals surface area contributed by atoms with Crippen molar-refractivity contribution in [3.05, 3.63) is 15.9 Å². The number of carbonyl (C=O) groups is 1. The molecule has 0 bridgehead atoms. The zero-order valence-electron chi connectivity index (χ0n) is 10.5. The second-order valence-corrected chi connectivity index (χ2v) is 4.95. The first-order valence-electron chi connectivity index (χ1n) is 5.98. The number of hydrogen-bond donors (Lipinski definition) is 1. The average Bonchev–Trinajstić information content (AvgIpc) is 2.62. The zero-order chi connectivity index (χ0) is 13.0. The number of aromatic nitrogens is 2. The lowest BCUT2D eigenvalue weighted by atomic mass is 10.0. The van der Waals surface area contributed by atoms with Crippen LogP contribution in [0.3, 0.4) is 0 Å². The molecule has 96 valence electrons. The molecule has 1 aromatic rings. The molecule has 0 aliphatic rings. The molecule has 0 aromatic carbocycles. The van der Waals surface area contributed by atoms with Crippen LogP contribution >= 0.6 is 15.9 Å². The largest absolute Gasteiger partial charge is 0.481 e. The van der Waals surface area contributed by atoms with E-state index in [4.69, 9.17) is 5.11 Å². The molecule has 0 amide bonds. The molecule has 1 aromatic heterocycles. The molecule has 1 rings (SSSR count). The minimum atomic E-state index is -0.737. The van der Waals surface area contributed by atoms with Gasteiger partial charge in [-0.1, -0.05) is 13.8 Å². The van der Waals surface area contributed by atoms with Crippen molar-refractivity contribution < 1.29 is 9.90 Å². The zero-order valence-corrected chi connectivity index (χ0v) is 12.1. The van der Waals surface area contributed by atoms with Crippen LogP contribution < -0.4 is 0 Å². The number of nitrogens with zero attached hydrogens (tertiary/aromatic N) is 2. The molecule has 0 radical (unpaired) electrons. The van der Waals surface area contributed by atoms with Crippen molar-refractivity contribution in [2.45, 2.75) is 46.6 Å². The molecule has 1 unspecified atom stereocenters. The Morgan fingerprint density at radius 2 is 2.18 bits per heavy atom. The van der Waals surface area contributed by atoms with Crippen molar-refractivity contribution in [3.63, 3.8) is 0 Å². The molecule has 1 atom stereocenters. The lowest BCUT2D eigenvalue weighted by Crippen LogP contribution is -2.12. The summed E-state index contributed by atoms with van der Waals surface area (Å²) in [6.45, 7) is 6.67. The van der Waals surface area contributed by atoms with E-state index in [2.05, 4.69) is 28.0 Å². The fraction of sp³-hybridized carbons (Fsp3) is 0.667. The Balaban J connectivity index is 2.82. The lowest BCUT2D eigenvalue weighted by molar-refractivity contribution is -0.141. The van der Waals surface area contributed by atoms with Gasteiger partial charge >= 0.3 is 5.97 Å². The summed E-state index contributed by atoms with van der Waals surface area (Å²) in [5.74, 6) is -1.05. The SMILES string of the molecule is CCc1nn(CC)c(CCC(C)C(=O)O)c1Br. The molecule has 0 aliphatic carbocycles. The first kappa shape index (κ1) is 14.2. The van der Waals surface area contributed by atoms with Crippen LogP contribution in [0, 0.1) is 5.92 Å². The molecular formula is C12H19BrN2O2. The van der Waals surface area contributed by atoms with Crippen molar-refractivity contribution in [3.8, 4) is 0 Å². The molecule has 4 nitrogen and oxygen atoms in total. The Bertz CT molecular complexity index is 401. The molecule has 0 saturated carbocycles. The fourth-order valence-electron chi connectivity index (χ4n) is 1.73. The van der Waals surface area contributed by atoms with Crippen LogP contribution in [0.15, 0.2) is 4.47 Å². The third kappa shape index (κ3) is 3.31. The second kappa shape index (κ2) is 6.19. The molecule has 0 saturated heterocycles. The summed E-state index contributed by atoms with van der Waals surface area (Å²) in [5, 5.41) is 13.4. The monoisotopic (exact) mass is 302 g/mol. The van der Waals surface area contributed by atoms with Gasteiger partial charge in [0.1, 0.15) is 0 Å². The Morgan fingerprint density at radius 1 is 1.53 bits per heavy atom. The smallest absolute Gasteiger partial charge is 0.306 e. The average molecular weight is 303 g/mol. The maximum absolute atomic E-state index is 10.8. The van der Waals surface area contributed by atoms with Gasteiger partial charge in [0.2, 0.25) is 0 Å². The van der Waals surface area contributed by atoms with Crippen LogP contribution in [0.5, 0.6) is 0 Å². The van der Waals surface area contributed by atoms with Gasteiger partial charge in [-0.3, -0.25) is 9.48 Å². The van der Waals surface area contributed by atoms with Crippen molar-refractivity contribution >= 4 is 21.9 Å². The molecule has 0 spiro atoms. The van der Waals surface area contributed by atoms with Gasteiger partial charge < -0.3 is 5.11 Å². The quantitative estimate of drug-likeness (QED) is 0.879. The van der Waals surface area contributed by atoms with Crippen LogP contribution in [-0.4, -0.2) is 20.9 Å². The third-order valence-electron chi connectivity index (χ3n) is 2.93. The molecule has 5 heteroatoms. The van der Waals surface area contributed by atoms with E-state index in [1.54, 1.807) is 6.92 Å². The summed E-state index contributed by atoms with van der Waals surface area (Å²) in [7, 11) is 0. The predicted molar refractivity (Wildman–Crippen MR) is 70.1 cm³/mol. The number of rotatable bonds is 6. The normalized spacial score (nSPS) is 12.7. The standard InChI is InChI=1S/C12H19BrN2O2/c1-4-9-11(13)10(15(5-2)14-9)7-6-8(3)12(16)17/h8H,4-7H2,1-3H3,(H,16,17). The van der Waals surface area contributed by atoms with Crippen LogP contribution in [0.4, 0.5) is 0 Å². The van der Waals surface area contributed by atoms with Gasteiger partial charge in [-0.15, -0.1) is 0 Å². The number of aliphatic carboxylic acids is 1. The van der Waals surface area contributed by atoms with Crippen LogP contribution in [-0.2, 0) is 24.2 Å². The summed E-state index contributed by atoms with van der Waals surface area (Å²) in [6.07, 6.45) is 2.27. The summed E-state index contributed by atoms with van der Waals surface area (Å²) in [4.78, 5) is 10.8. The molecule has 0 fully saturated rings. The molecule has 1 heterocycles. The lowest BCUT2D eigenvalue weighted by Gasteiger charge is -2.08. The van der Waals surface area contributed by atoms with E-state index in [1.165, 1.54) is 0 Å². The fourth-order valence-corrected chi connectivity index (χ4v) is 2.50. The topological polar surface area (TPSA) is 55.1 Å². The predicted octanol–water partition coefficient (Wildman–Crippen LogP) is 2.88. The van der Waals surface area contributed by atoms with Gasteiger partial charge in [0, 0.05) is 6.54 Å². The molecule has 0 aliphatic heterocycles. The highest BCUT2D eigenvalue weighted by atomic mass is 79.9. The Kier molecular flexibility index (Phi) is 5.18. The van der Waals surface area contributed by atoms with E-state index in [1.807, 2.05) is 11.6 Å². The van der Waals surface area contributed by atoms with E-state index in [9.17, 15) is 4.79 Å². The van der Waals surface area contributed by atoms with Gasteiger partial charge in [0.05, 0.1) is 21.8 Å². The van der Waals surface area contributed by atoms with Crippen molar-refractivity contribution in [2.24, 2.45) is 5.92 Å². The maximum atomic E-state index is 10.8. The Hall–Kier alpha value is -0.840. The Labute approximate surface area is 110 Å². The minimum absolute atomic E-state index is 0.313. The van der Waals surface area contributed by atoms with E-state index in [0.717, 1.165) is 35.2 Å². The van der Waals surface area contributed by atoms with Crippen LogP contribution in [0.1, 0.15) is 38.6 Å². The third-order valence-corrected chi connectivity index (χ3v) is 3.85. The highest BCUT2D eigenvalue weighted by molar-refractivity contribution is 9.10. The summed E-state index contributed by atoms with van der Waals surface area (Å²) in [5.41, 5.74) is 2.15. The van der Waals surface area contributed by atoms with Crippen molar-refractivity contribution in [2.75, 3.05) is 0 Å². The van der Waals surface area contributed by atoms with E-state index >= 15 is 0 Å². The molecular weight excluding hydrogens is 284 g/mol. The number of carboxylic acids is 1. The second-order valence-electron chi connectivity index (χ2n) is 4.15. The molecule has 17 heavy (non-hydrogen) atoms. The first-order chi connectivity index (χ1) is 8.01. The van der Waals surface area contributed by atoms with Gasteiger partial charge in [0.25, 0.3) is 0 Å². The van der Waals surface area contributed by atoms with Gasteiger partial charge in [0.15, 0.2) is 0 Å². The van der Waals surface area contributed by atoms with Crippen molar-refractivity contribution in [1.82, 2.24) is 9.78 Å². The number of aryl methyl sites for hydroxylation is 2. The van der Waals surface area contributed by atoms with Gasteiger partial charge in [-0.25, -0.2) is 0 Å². The summed E-state index contributed by atoms with van der Waals surface area (Å²) >= 11 is 3.56. The minimum Gasteiger partial charge on any atom is -0.481 e. The number of halogens is 1. The van der Waals surface area contributed by atoms with Crippen LogP contribution in [0.2, 0.25) is 0 Å². The highest BCUT2D eigenvalue weighted by Gasteiger charge is 2.17. The maximum Gasteiger partial charge on any atom is 0.306 e. The summed E-state index contributed by atoms with van der Waals surface area (Å²) in [6, 6.07) is 0.